The minimum atomic E-state index is -0.300. The van der Waals surface area contributed by atoms with Crippen molar-refractivity contribution in [3.05, 3.63) is 101 Å². The van der Waals surface area contributed by atoms with Gasteiger partial charge in [0.1, 0.15) is 5.69 Å². The average molecular weight is 387 g/mol. The molecule has 1 N–H and O–H groups in total. The van der Waals surface area contributed by atoms with Crippen molar-refractivity contribution < 1.29 is 9.59 Å². The summed E-state index contributed by atoms with van der Waals surface area (Å²) in [5.41, 5.74) is 3.94. The van der Waals surface area contributed by atoms with Gasteiger partial charge in [0.15, 0.2) is 0 Å². The molecule has 148 valence electrons. The van der Waals surface area contributed by atoms with Gasteiger partial charge in [0.25, 0.3) is 11.8 Å². The van der Waals surface area contributed by atoms with Crippen LogP contribution in [0.15, 0.2) is 72.9 Å². The monoisotopic (exact) mass is 387 g/mol. The van der Waals surface area contributed by atoms with Crippen LogP contribution in [0.2, 0.25) is 0 Å². The Bertz CT molecular complexity index is 969. The van der Waals surface area contributed by atoms with Crippen molar-refractivity contribution >= 4 is 11.8 Å². The standard InChI is InChI=1S/C24H25N3O2/c1-3-27(17-20-7-5-4-6-8-20)24(29)21-13-14-25-22(15-21)23(28)26-16-19-11-9-18(2)10-12-19/h4-15H,3,16-17H2,1-2H3,(H,26,28). The molecule has 0 bridgehead atoms. The van der Waals surface area contributed by atoms with E-state index in [0.717, 1.165) is 11.1 Å². The number of pyridine rings is 1. The van der Waals surface area contributed by atoms with Crippen LogP contribution in [0, 0.1) is 6.92 Å². The molecule has 0 spiro atoms. The van der Waals surface area contributed by atoms with Gasteiger partial charge in [-0.3, -0.25) is 14.6 Å². The Morgan fingerprint density at radius 3 is 2.38 bits per heavy atom. The summed E-state index contributed by atoms with van der Waals surface area (Å²) in [6.07, 6.45) is 1.50. The highest BCUT2D eigenvalue weighted by Gasteiger charge is 2.17. The first-order chi connectivity index (χ1) is 14.1. The second kappa shape index (κ2) is 9.64. The number of carbonyl (C=O) groups excluding carboxylic acids is 2. The van der Waals surface area contributed by atoms with Crippen LogP contribution in [-0.2, 0) is 13.1 Å². The molecule has 0 aliphatic heterocycles. The first-order valence-electron chi connectivity index (χ1n) is 9.70. The first-order valence-corrected chi connectivity index (χ1v) is 9.70. The van der Waals surface area contributed by atoms with Crippen LogP contribution < -0.4 is 5.32 Å². The van der Waals surface area contributed by atoms with Crippen molar-refractivity contribution in [1.82, 2.24) is 15.2 Å². The van der Waals surface area contributed by atoms with Crippen LogP contribution in [0.25, 0.3) is 0 Å². The van der Waals surface area contributed by atoms with Crippen LogP contribution in [0.3, 0.4) is 0 Å². The highest BCUT2D eigenvalue weighted by atomic mass is 16.2. The summed E-state index contributed by atoms with van der Waals surface area (Å²) in [5.74, 6) is -0.419. The maximum atomic E-state index is 12.9. The average Bonchev–Trinajstić information content (AvgIpc) is 2.77. The number of aryl methyl sites for hydroxylation is 1. The summed E-state index contributed by atoms with van der Waals surface area (Å²) in [6, 6.07) is 21.0. The van der Waals surface area contributed by atoms with Crippen LogP contribution in [0.4, 0.5) is 0 Å². The zero-order valence-corrected chi connectivity index (χ0v) is 16.8. The molecular weight excluding hydrogens is 362 g/mol. The van der Waals surface area contributed by atoms with E-state index in [0.29, 0.717) is 25.2 Å². The highest BCUT2D eigenvalue weighted by molar-refractivity contribution is 5.98. The lowest BCUT2D eigenvalue weighted by molar-refractivity contribution is 0.0752. The summed E-state index contributed by atoms with van der Waals surface area (Å²) in [5, 5.41) is 2.86. The van der Waals surface area contributed by atoms with Gasteiger partial charge in [-0.05, 0) is 37.1 Å². The molecule has 0 atom stereocenters. The summed E-state index contributed by atoms with van der Waals surface area (Å²) in [4.78, 5) is 31.3. The zero-order valence-electron chi connectivity index (χ0n) is 16.8. The maximum absolute atomic E-state index is 12.9. The lowest BCUT2D eigenvalue weighted by Crippen LogP contribution is -2.31. The quantitative estimate of drug-likeness (QED) is 0.667. The van der Waals surface area contributed by atoms with Gasteiger partial charge in [-0.15, -0.1) is 0 Å². The van der Waals surface area contributed by atoms with E-state index in [9.17, 15) is 9.59 Å². The van der Waals surface area contributed by atoms with E-state index in [-0.39, 0.29) is 17.5 Å². The smallest absolute Gasteiger partial charge is 0.270 e. The fraction of sp³-hybridized carbons (Fsp3) is 0.208. The SMILES string of the molecule is CCN(Cc1ccccc1)C(=O)c1ccnc(C(=O)NCc2ccc(C)cc2)c1. The Hall–Kier alpha value is -3.47. The number of carbonyl (C=O) groups is 2. The van der Waals surface area contributed by atoms with Gasteiger partial charge < -0.3 is 10.2 Å². The highest BCUT2D eigenvalue weighted by Crippen LogP contribution is 2.11. The van der Waals surface area contributed by atoms with Crippen molar-refractivity contribution in [2.45, 2.75) is 26.9 Å². The van der Waals surface area contributed by atoms with Gasteiger partial charge in [-0.2, -0.15) is 0 Å². The number of aromatic nitrogens is 1. The van der Waals surface area contributed by atoms with E-state index in [1.165, 1.54) is 11.8 Å². The predicted molar refractivity (Wildman–Crippen MR) is 113 cm³/mol. The van der Waals surface area contributed by atoms with Crippen molar-refractivity contribution in [1.29, 1.82) is 0 Å². The lowest BCUT2D eigenvalue weighted by Gasteiger charge is -2.21. The minimum absolute atomic E-state index is 0.119. The number of amides is 2. The number of nitrogens with one attached hydrogen (secondary N) is 1. The van der Waals surface area contributed by atoms with E-state index in [4.69, 9.17) is 0 Å². The van der Waals surface area contributed by atoms with E-state index in [1.54, 1.807) is 17.0 Å². The largest absolute Gasteiger partial charge is 0.347 e. The molecule has 2 amide bonds. The van der Waals surface area contributed by atoms with Crippen LogP contribution >= 0.6 is 0 Å². The van der Waals surface area contributed by atoms with E-state index >= 15 is 0 Å². The van der Waals surface area contributed by atoms with Gasteiger partial charge in [0.2, 0.25) is 0 Å². The fourth-order valence-corrected chi connectivity index (χ4v) is 2.98. The van der Waals surface area contributed by atoms with E-state index in [1.807, 2.05) is 68.4 Å². The second-order valence-electron chi connectivity index (χ2n) is 6.90. The number of nitrogens with zero attached hydrogens (tertiary/aromatic N) is 2. The minimum Gasteiger partial charge on any atom is -0.347 e. The summed E-state index contributed by atoms with van der Waals surface area (Å²) in [7, 11) is 0. The van der Waals surface area contributed by atoms with Gasteiger partial charge in [-0.1, -0.05) is 60.2 Å². The Morgan fingerprint density at radius 2 is 1.69 bits per heavy atom. The van der Waals surface area contributed by atoms with Crippen LogP contribution in [-0.4, -0.2) is 28.2 Å². The molecule has 2 aromatic carbocycles. The second-order valence-corrected chi connectivity index (χ2v) is 6.90. The van der Waals surface area contributed by atoms with Gasteiger partial charge in [0, 0.05) is 31.4 Å². The lowest BCUT2D eigenvalue weighted by atomic mass is 10.1. The van der Waals surface area contributed by atoms with Crippen molar-refractivity contribution in [3.8, 4) is 0 Å². The third-order valence-corrected chi connectivity index (χ3v) is 4.70. The summed E-state index contributed by atoms with van der Waals surface area (Å²) < 4.78 is 0. The molecule has 3 rings (SSSR count). The molecule has 5 nitrogen and oxygen atoms in total. The fourth-order valence-electron chi connectivity index (χ4n) is 2.98. The third kappa shape index (κ3) is 5.51. The normalized spacial score (nSPS) is 10.4. The Balaban J connectivity index is 1.67. The van der Waals surface area contributed by atoms with Crippen molar-refractivity contribution in [2.24, 2.45) is 0 Å². The number of rotatable bonds is 7. The Kier molecular flexibility index (Phi) is 6.74. The predicted octanol–water partition coefficient (Wildman–Crippen LogP) is 3.98. The maximum Gasteiger partial charge on any atom is 0.270 e. The molecule has 3 aromatic rings. The molecular formula is C24H25N3O2. The zero-order chi connectivity index (χ0) is 20.6. The molecule has 0 saturated carbocycles. The molecule has 0 radical (unpaired) electrons. The van der Waals surface area contributed by atoms with Gasteiger partial charge in [-0.25, -0.2) is 0 Å². The topological polar surface area (TPSA) is 62.3 Å². The Morgan fingerprint density at radius 1 is 0.966 bits per heavy atom. The van der Waals surface area contributed by atoms with Crippen molar-refractivity contribution in [2.75, 3.05) is 6.54 Å². The third-order valence-electron chi connectivity index (χ3n) is 4.70. The summed E-state index contributed by atoms with van der Waals surface area (Å²) >= 11 is 0. The van der Waals surface area contributed by atoms with Crippen LogP contribution in [0.1, 0.15) is 44.5 Å². The molecule has 5 heteroatoms. The number of benzene rings is 2. The molecule has 0 aliphatic carbocycles. The first kappa shape index (κ1) is 20.3. The Labute approximate surface area is 171 Å². The molecule has 0 unspecified atom stereocenters. The van der Waals surface area contributed by atoms with E-state index in [2.05, 4.69) is 10.3 Å². The molecule has 0 aliphatic rings. The summed E-state index contributed by atoms with van der Waals surface area (Å²) in [6.45, 7) is 5.47. The number of hydrogen-bond acceptors (Lipinski definition) is 3. The van der Waals surface area contributed by atoms with Crippen molar-refractivity contribution in [3.63, 3.8) is 0 Å². The van der Waals surface area contributed by atoms with Crippen LogP contribution in [0.5, 0.6) is 0 Å². The van der Waals surface area contributed by atoms with E-state index < -0.39 is 0 Å². The molecule has 0 saturated heterocycles. The molecule has 29 heavy (non-hydrogen) atoms. The van der Waals surface area contributed by atoms with Gasteiger partial charge in [0.05, 0.1) is 0 Å². The molecule has 1 heterocycles. The number of hydrogen-bond donors (Lipinski definition) is 1. The van der Waals surface area contributed by atoms with Gasteiger partial charge >= 0.3 is 0 Å². The molecule has 0 fully saturated rings. The molecule has 1 aromatic heterocycles.